The number of rotatable bonds is 5. The molecule has 0 fully saturated rings. The van der Waals surface area contributed by atoms with Crippen LogP contribution in [0.25, 0.3) is 0 Å². The molecule has 116 valence electrons. The predicted octanol–water partition coefficient (Wildman–Crippen LogP) is 2.90. The second-order valence-electron chi connectivity index (χ2n) is 4.61. The molecule has 0 saturated heterocycles. The van der Waals surface area contributed by atoms with Gasteiger partial charge < -0.3 is 10.4 Å². The Kier molecular flexibility index (Phi) is 5.38. The summed E-state index contributed by atoms with van der Waals surface area (Å²) in [6.07, 6.45) is -5.11. The monoisotopic (exact) mass is 367 g/mol. The molecule has 0 heterocycles. The Bertz CT molecular complexity index is 548. The highest BCUT2D eigenvalue weighted by molar-refractivity contribution is 9.10. The van der Waals surface area contributed by atoms with Crippen LogP contribution in [0.1, 0.15) is 18.9 Å². The van der Waals surface area contributed by atoms with Crippen LogP contribution in [-0.2, 0) is 16.0 Å². The van der Waals surface area contributed by atoms with Gasteiger partial charge in [-0.15, -0.1) is 0 Å². The largest absolute Gasteiger partial charge is 0.479 e. The van der Waals surface area contributed by atoms with Gasteiger partial charge in [-0.3, -0.25) is 4.79 Å². The highest BCUT2D eigenvalue weighted by Gasteiger charge is 2.58. The van der Waals surface area contributed by atoms with Crippen LogP contribution >= 0.6 is 15.9 Å². The van der Waals surface area contributed by atoms with E-state index in [0.29, 0.717) is 6.92 Å². The lowest BCUT2D eigenvalue weighted by Crippen LogP contribution is -2.61. The van der Waals surface area contributed by atoms with Crippen molar-refractivity contribution in [3.63, 3.8) is 0 Å². The normalized spacial score (nSPS) is 14.3. The van der Waals surface area contributed by atoms with Crippen molar-refractivity contribution in [1.82, 2.24) is 5.32 Å². The van der Waals surface area contributed by atoms with Gasteiger partial charge in [0.15, 0.2) is 0 Å². The van der Waals surface area contributed by atoms with Crippen LogP contribution in [0.2, 0.25) is 0 Å². The molecule has 1 atom stereocenters. The van der Waals surface area contributed by atoms with E-state index in [-0.39, 0.29) is 12.8 Å². The van der Waals surface area contributed by atoms with Crippen LogP contribution in [-0.4, -0.2) is 28.7 Å². The number of hydrogen-bond acceptors (Lipinski definition) is 2. The minimum Gasteiger partial charge on any atom is -0.479 e. The average molecular weight is 368 g/mol. The second-order valence-corrected chi connectivity index (χ2v) is 5.52. The quantitative estimate of drug-likeness (QED) is 0.840. The fourth-order valence-electron chi connectivity index (χ4n) is 1.54. The van der Waals surface area contributed by atoms with Crippen molar-refractivity contribution in [3.8, 4) is 0 Å². The summed E-state index contributed by atoms with van der Waals surface area (Å²) >= 11 is 3.24. The molecular weight excluding hydrogens is 355 g/mol. The fraction of sp³-hybridized carbons (Fsp3) is 0.385. The molecule has 2 N–H and O–H groups in total. The van der Waals surface area contributed by atoms with Crippen LogP contribution in [0, 0.1) is 0 Å². The lowest BCUT2D eigenvalue weighted by atomic mass is 10.0. The summed E-state index contributed by atoms with van der Waals surface area (Å²) in [6.45, 7) is 0.423. The maximum absolute atomic E-state index is 12.7. The Hall–Kier alpha value is -1.57. The first kappa shape index (κ1) is 17.5. The van der Waals surface area contributed by atoms with Gasteiger partial charge in [0.05, 0.1) is 0 Å². The number of alkyl halides is 3. The molecule has 0 aliphatic carbocycles. The van der Waals surface area contributed by atoms with E-state index in [1.54, 1.807) is 29.6 Å². The summed E-state index contributed by atoms with van der Waals surface area (Å²) in [5.74, 6) is -3.12. The van der Waals surface area contributed by atoms with Crippen molar-refractivity contribution in [3.05, 3.63) is 34.3 Å². The summed E-state index contributed by atoms with van der Waals surface area (Å²) < 4.78 is 39.0. The maximum Gasteiger partial charge on any atom is 0.422 e. The van der Waals surface area contributed by atoms with Crippen molar-refractivity contribution >= 4 is 27.8 Å². The number of carboxylic acid groups (broad SMARTS) is 1. The Morgan fingerprint density at radius 1 is 1.33 bits per heavy atom. The van der Waals surface area contributed by atoms with Gasteiger partial charge in [-0.2, -0.15) is 13.2 Å². The van der Waals surface area contributed by atoms with E-state index in [9.17, 15) is 22.8 Å². The minimum atomic E-state index is -5.08. The lowest BCUT2D eigenvalue weighted by molar-refractivity contribution is -0.206. The van der Waals surface area contributed by atoms with Crippen molar-refractivity contribution in [2.75, 3.05) is 0 Å². The maximum atomic E-state index is 12.7. The van der Waals surface area contributed by atoms with Gasteiger partial charge in [-0.25, -0.2) is 4.79 Å². The van der Waals surface area contributed by atoms with E-state index in [1.807, 2.05) is 0 Å². The van der Waals surface area contributed by atoms with Gasteiger partial charge >= 0.3 is 12.1 Å². The smallest absolute Gasteiger partial charge is 0.422 e. The first-order valence-corrected chi connectivity index (χ1v) is 6.71. The van der Waals surface area contributed by atoms with E-state index in [1.165, 1.54) is 0 Å². The van der Waals surface area contributed by atoms with E-state index in [0.717, 1.165) is 10.0 Å². The fourth-order valence-corrected chi connectivity index (χ4v) is 1.98. The van der Waals surface area contributed by atoms with E-state index < -0.39 is 23.6 Å². The number of hydrogen-bond donors (Lipinski definition) is 2. The number of amides is 1. The lowest BCUT2D eigenvalue weighted by Gasteiger charge is -2.28. The van der Waals surface area contributed by atoms with Gasteiger partial charge in [0.1, 0.15) is 0 Å². The zero-order chi connectivity index (χ0) is 16.3. The molecule has 8 heteroatoms. The van der Waals surface area contributed by atoms with Gasteiger partial charge in [0.2, 0.25) is 11.4 Å². The summed E-state index contributed by atoms with van der Waals surface area (Å²) in [7, 11) is 0. The van der Waals surface area contributed by atoms with Crippen molar-refractivity contribution in [2.24, 2.45) is 0 Å². The van der Waals surface area contributed by atoms with Gasteiger partial charge in [0.25, 0.3) is 0 Å². The summed E-state index contributed by atoms with van der Waals surface area (Å²) in [5.41, 5.74) is -2.54. The molecule has 1 rings (SSSR count). The zero-order valence-electron chi connectivity index (χ0n) is 11.0. The first-order chi connectivity index (χ1) is 9.56. The van der Waals surface area contributed by atoms with E-state index >= 15 is 0 Å². The molecular formula is C13H13BrF3NO3. The Morgan fingerprint density at radius 2 is 1.95 bits per heavy atom. The highest BCUT2D eigenvalue weighted by atomic mass is 79.9. The molecule has 0 saturated carbocycles. The van der Waals surface area contributed by atoms with Crippen molar-refractivity contribution in [2.45, 2.75) is 31.5 Å². The zero-order valence-corrected chi connectivity index (χ0v) is 12.6. The number of aryl methyl sites for hydroxylation is 1. The van der Waals surface area contributed by atoms with E-state index in [2.05, 4.69) is 15.9 Å². The predicted molar refractivity (Wildman–Crippen MR) is 72.7 cm³/mol. The third kappa shape index (κ3) is 4.45. The highest BCUT2D eigenvalue weighted by Crippen LogP contribution is 2.30. The van der Waals surface area contributed by atoms with Crippen LogP contribution < -0.4 is 5.32 Å². The molecule has 0 aliphatic rings. The van der Waals surface area contributed by atoms with Crippen molar-refractivity contribution < 1.29 is 27.9 Å². The molecule has 1 unspecified atom stereocenters. The van der Waals surface area contributed by atoms with Crippen molar-refractivity contribution in [1.29, 1.82) is 0 Å². The number of nitrogens with one attached hydrogen (secondary N) is 1. The van der Waals surface area contributed by atoms with Gasteiger partial charge in [-0.1, -0.05) is 28.1 Å². The van der Waals surface area contributed by atoms with Crippen LogP contribution in [0.3, 0.4) is 0 Å². The standard InChI is InChI=1S/C13H13BrF3NO3/c1-12(11(20)21,13(15,16)17)18-10(19)6-5-8-3-2-4-9(14)7-8/h2-4,7H,5-6H2,1H3,(H,18,19)(H,20,21). The molecule has 0 bridgehead atoms. The van der Waals surface area contributed by atoms with Gasteiger partial charge in [0, 0.05) is 10.9 Å². The topological polar surface area (TPSA) is 66.4 Å². The Morgan fingerprint density at radius 3 is 2.43 bits per heavy atom. The minimum absolute atomic E-state index is 0.207. The third-order valence-corrected chi connectivity index (χ3v) is 3.41. The Labute approximate surface area is 127 Å². The number of halogens is 4. The number of carboxylic acids is 1. The molecule has 4 nitrogen and oxygen atoms in total. The number of benzene rings is 1. The molecule has 0 aromatic heterocycles. The first-order valence-electron chi connectivity index (χ1n) is 5.92. The number of carbonyl (C=O) groups is 2. The van der Waals surface area contributed by atoms with Crippen LogP contribution in [0.15, 0.2) is 28.7 Å². The SMILES string of the molecule is CC(NC(=O)CCc1cccc(Br)c1)(C(=O)O)C(F)(F)F. The van der Waals surface area contributed by atoms with Crippen LogP contribution in [0.5, 0.6) is 0 Å². The average Bonchev–Trinajstić information content (AvgIpc) is 2.34. The molecule has 1 aromatic rings. The summed E-state index contributed by atoms with van der Waals surface area (Å²) in [5, 5.41) is 10.2. The summed E-state index contributed by atoms with van der Waals surface area (Å²) in [6, 6.07) is 6.95. The second kappa shape index (κ2) is 6.46. The molecule has 1 amide bonds. The third-order valence-electron chi connectivity index (χ3n) is 2.91. The molecule has 1 aromatic carbocycles. The molecule has 0 radical (unpaired) electrons. The molecule has 21 heavy (non-hydrogen) atoms. The molecule has 0 aliphatic heterocycles. The number of aliphatic carboxylic acids is 1. The van der Waals surface area contributed by atoms with Crippen LogP contribution in [0.4, 0.5) is 13.2 Å². The van der Waals surface area contributed by atoms with Gasteiger partial charge in [-0.05, 0) is 31.0 Å². The summed E-state index contributed by atoms with van der Waals surface area (Å²) in [4.78, 5) is 22.4. The molecule has 0 spiro atoms. The number of carbonyl (C=O) groups excluding carboxylic acids is 1. The van der Waals surface area contributed by atoms with E-state index in [4.69, 9.17) is 5.11 Å². The Balaban J connectivity index is 2.70.